The van der Waals surface area contributed by atoms with Crippen molar-refractivity contribution in [1.82, 2.24) is 10.3 Å². The molecule has 0 saturated carbocycles. The van der Waals surface area contributed by atoms with Crippen LogP contribution in [0.15, 0.2) is 53.9 Å². The predicted molar refractivity (Wildman–Crippen MR) is 102 cm³/mol. The largest absolute Gasteiger partial charge is 0.497 e. The topological polar surface area (TPSA) is 43.4 Å². The molecule has 1 N–H and O–H groups in total. The summed E-state index contributed by atoms with van der Waals surface area (Å²) in [5.41, 5.74) is 3.23. The Morgan fingerprint density at radius 2 is 1.88 bits per heavy atom. The standard InChI is InChI=1S/C20H22N2O2S/c1-14(20-22-18(13-25-20)15-7-5-4-6-8-15)21-12-16-11-17(23-2)9-10-19(16)24-3/h4-11,13-14,21H,12H2,1-3H3. The highest BCUT2D eigenvalue weighted by Gasteiger charge is 2.13. The molecule has 1 aromatic heterocycles. The second kappa shape index (κ2) is 8.14. The molecule has 0 saturated heterocycles. The van der Waals surface area contributed by atoms with Crippen LogP contribution in [0.2, 0.25) is 0 Å². The Labute approximate surface area is 152 Å². The van der Waals surface area contributed by atoms with E-state index in [1.165, 1.54) is 0 Å². The van der Waals surface area contributed by atoms with Crippen molar-refractivity contribution in [2.75, 3.05) is 14.2 Å². The molecular formula is C20H22N2O2S. The van der Waals surface area contributed by atoms with Crippen molar-refractivity contribution in [3.05, 3.63) is 64.5 Å². The number of benzene rings is 2. The Hall–Kier alpha value is -2.37. The van der Waals surface area contributed by atoms with E-state index in [0.717, 1.165) is 33.3 Å². The van der Waals surface area contributed by atoms with Crippen LogP contribution in [0.4, 0.5) is 0 Å². The number of hydrogen-bond donors (Lipinski definition) is 1. The Morgan fingerprint density at radius 1 is 1.08 bits per heavy atom. The first-order valence-electron chi connectivity index (χ1n) is 8.16. The van der Waals surface area contributed by atoms with Crippen molar-refractivity contribution in [2.24, 2.45) is 0 Å². The van der Waals surface area contributed by atoms with Crippen molar-refractivity contribution in [2.45, 2.75) is 19.5 Å². The van der Waals surface area contributed by atoms with Crippen LogP contribution in [0, 0.1) is 0 Å². The summed E-state index contributed by atoms with van der Waals surface area (Å²) in [6.45, 7) is 2.81. The summed E-state index contributed by atoms with van der Waals surface area (Å²) in [5, 5.41) is 6.69. The van der Waals surface area contributed by atoms with Gasteiger partial charge in [0.25, 0.3) is 0 Å². The van der Waals surface area contributed by atoms with Crippen molar-refractivity contribution in [1.29, 1.82) is 0 Å². The molecule has 0 fully saturated rings. The van der Waals surface area contributed by atoms with Gasteiger partial charge in [-0.25, -0.2) is 4.98 Å². The number of nitrogens with one attached hydrogen (secondary N) is 1. The second-order valence-corrected chi connectivity index (χ2v) is 6.61. The Bertz CT molecular complexity index is 818. The molecule has 0 aliphatic carbocycles. The first-order chi connectivity index (χ1) is 12.2. The molecule has 0 aliphatic heterocycles. The lowest BCUT2D eigenvalue weighted by molar-refractivity contribution is 0.395. The van der Waals surface area contributed by atoms with Gasteiger partial charge in [0, 0.05) is 23.1 Å². The Kier molecular flexibility index (Phi) is 5.68. The maximum Gasteiger partial charge on any atom is 0.123 e. The summed E-state index contributed by atoms with van der Waals surface area (Å²) in [6.07, 6.45) is 0. The van der Waals surface area contributed by atoms with E-state index in [1.807, 2.05) is 36.4 Å². The molecule has 3 rings (SSSR count). The van der Waals surface area contributed by atoms with Gasteiger partial charge in [-0.05, 0) is 25.1 Å². The molecular weight excluding hydrogens is 332 g/mol. The fourth-order valence-corrected chi connectivity index (χ4v) is 3.46. The van der Waals surface area contributed by atoms with Crippen molar-refractivity contribution >= 4 is 11.3 Å². The normalized spacial score (nSPS) is 12.0. The van der Waals surface area contributed by atoms with Crippen LogP contribution in [-0.2, 0) is 6.54 Å². The van der Waals surface area contributed by atoms with Crippen LogP contribution >= 0.6 is 11.3 Å². The lowest BCUT2D eigenvalue weighted by Crippen LogP contribution is -2.18. The first-order valence-corrected chi connectivity index (χ1v) is 9.04. The summed E-state index contributed by atoms with van der Waals surface area (Å²) >= 11 is 1.68. The number of aromatic nitrogens is 1. The number of rotatable bonds is 7. The van der Waals surface area contributed by atoms with E-state index in [0.29, 0.717) is 6.54 Å². The van der Waals surface area contributed by atoms with Crippen LogP contribution in [0.1, 0.15) is 23.5 Å². The zero-order chi connectivity index (χ0) is 17.6. The molecule has 1 heterocycles. The van der Waals surface area contributed by atoms with E-state index in [4.69, 9.17) is 14.5 Å². The van der Waals surface area contributed by atoms with E-state index in [2.05, 4.69) is 29.8 Å². The molecule has 0 amide bonds. The fraction of sp³-hybridized carbons (Fsp3) is 0.250. The molecule has 3 aromatic rings. The Morgan fingerprint density at radius 3 is 2.60 bits per heavy atom. The smallest absolute Gasteiger partial charge is 0.123 e. The van der Waals surface area contributed by atoms with Gasteiger partial charge in [-0.3, -0.25) is 0 Å². The minimum atomic E-state index is 0.151. The SMILES string of the molecule is COc1ccc(OC)c(CNC(C)c2nc(-c3ccccc3)cs2)c1. The van der Waals surface area contributed by atoms with Gasteiger partial charge in [0.05, 0.1) is 26.0 Å². The zero-order valence-corrected chi connectivity index (χ0v) is 15.5. The van der Waals surface area contributed by atoms with E-state index >= 15 is 0 Å². The molecule has 2 aromatic carbocycles. The highest BCUT2D eigenvalue weighted by molar-refractivity contribution is 7.10. The van der Waals surface area contributed by atoms with E-state index in [-0.39, 0.29) is 6.04 Å². The molecule has 4 nitrogen and oxygen atoms in total. The lowest BCUT2D eigenvalue weighted by atomic mass is 10.1. The van der Waals surface area contributed by atoms with Crippen LogP contribution in [-0.4, -0.2) is 19.2 Å². The average Bonchev–Trinajstić information content (AvgIpc) is 3.17. The van der Waals surface area contributed by atoms with Crippen LogP contribution < -0.4 is 14.8 Å². The van der Waals surface area contributed by atoms with Crippen molar-refractivity contribution in [3.8, 4) is 22.8 Å². The van der Waals surface area contributed by atoms with Gasteiger partial charge in [0.1, 0.15) is 16.5 Å². The van der Waals surface area contributed by atoms with Crippen LogP contribution in [0.5, 0.6) is 11.5 Å². The highest BCUT2D eigenvalue weighted by Crippen LogP contribution is 2.27. The maximum absolute atomic E-state index is 5.44. The maximum atomic E-state index is 5.44. The summed E-state index contributed by atoms with van der Waals surface area (Å²) < 4.78 is 10.7. The van der Waals surface area contributed by atoms with Gasteiger partial charge in [-0.2, -0.15) is 0 Å². The summed E-state index contributed by atoms with van der Waals surface area (Å²) in [4.78, 5) is 4.77. The van der Waals surface area contributed by atoms with Gasteiger partial charge in [0.2, 0.25) is 0 Å². The quantitative estimate of drug-likeness (QED) is 0.669. The van der Waals surface area contributed by atoms with Crippen LogP contribution in [0.3, 0.4) is 0 Å². The molecule has 0 radical (unpaired) electrons. The number of methoxy groups -OCH3 is 2. The van der Waals surface area contributed by atoms with Crippen LogP contribution in [0.25, 0.3) is 11.3 Å². The minimum Gasteiger partial charge on any atom is -0.497 e. The summed E-state index contributed by atoms with van der Waals surface area (Å²) in [5.74, 6) is 1.68. The number of hydrogen-bond acceptors (Lipinski definition) is 5. The molecule has 0 aliphatic rings. The van der Waals surface area contributed by atoms with Crippen molar-refractivity contribution < 1.29 is 9.47 Å². The molecule has 130 valence electrons. The monoisotopic (exact) mass is 354 g/mol. The fourth-order valence-electron chi connectivity index (χ4n) is 2.60. The van der Waals surface area contributed by atoms with E-state index in [9.17, 15) is 0 Å². The number of nitrogens with zero attached hydrogens (tertiary/aromatic N) is 1. The molecule has 5 heteroatoms. The third-order valence-corrected chi connectivity index (χ3v) is 5.08. The van der Waals surface area contributed by atoms with Gasteiger partial charge >= 0.3 is 0 Å². The summed E-state index contributed by atoms with van der Waals surface area (Å²) in [7, 11) is 3.35. The number of thiazole rings is 1. The van der Waals surface area contributed by atoms with Gasteiger partial charge < -0.3 is 14.8 Å². The van der Waals surface area contributed by atoms with Gasteiger partial charge in [0.15, 0.2) is 0 Å². The molecule has 1 unspecified atom stereocenters. The van der Waals surface area contributed by atoms with E-state index in [1.54, 1.807) is 25.6 Å². The molecule has 25 heavy (non-hydrogen) atoms. The zero-order valence-electron chi connectivity index (χ0n) is 14.7. The number of ether oxygens (including phenoxy) is 2. The molecule has 0 spiro atoms. The third-order valence-electron chi connectivity index (χ3n) is 4.05. The lowest BCUT2D eigenvalue weighted by Gasteiger charge is -2.14. The Balaban J connectivity index is 1.69. The third kappa shape index (κ3) is 4.18. The minimum absolute atomic E-state index is 0.151. The van der Waals surface area contributed by atoms with Gasteiger partial charge in [-0.15, -0.1) is 11.3 Å². The second-order valence-electron chi connectivity index (χ2n) is 5.72. The van der Waals surface area contributed by atoms with E-state index < -0.39 is 0 Å². The highest BCUT2D eigenvalue weighted by atomic mass is 32.1. The first kappa shape index (κ1) is 17.5. The van der Waals surface area contributed by atoms with Gasteiger partial charge in [-0.1, -0.05) is 30.3 Å². The molecule has 1 atom stereocenters. The average molecular weight is 354 g/mol. The van der Waals surface area contributed by atoms with Crippen molar-refractivity contribution in [3.63, 3.8) is 0 Å². The predicted octanol–water partition coefficient (Wildman–Crippen LogP) is 4.68. The summed E-state index contributed by atoms with van der Waals surface area (Å²) in [6, 6.07) is 16.2. The molecule has 0 bridgehead atoms.